The molecule has 1 aromatic carbocycles. The highest BCUT2D eigenvalue weighted by atomic mass is 32.1. The molecule has 1 fully saturated rings. The molecule has 6 heteroatoms. The molecule has 1 atom stereocenters. The van der Waals surface area contributed by atoms with Gasteiger partial charge in [0.1, 0.15) is 10.8 Å². The summed E-state index contributed by atoms with van der Waals surface area (Å²) in [6, 6.07) is 8.01. The van der Waals surface area contributed by atoms with Crippen LogP contribution in [-0.2, 0) is 11.3 Å². The van der Waals surface area contributed by atoms with E-state index in [0.29, 0.717) is 0 Å². The van der Waals surface area contributed by atoms with Gasteiger partial charge in [-0.3, -0.25) is 0 Å². The van der Waals surface area contributed by atoms with E-state index < -0.39 is 0 Å². The number of likely N-dealkylation sites (N-methyl/N-ethyl adjacent to an activating group) is 1. The number of hydrogen-bond acceptors (Lipinski definition) is 6. The van der Waals surface area contributed by atoms with E-state index in [1.54, 1.807) is 18.4 Å². The van der Waals surface area contributed by atoms with Crippen molar-refractivity contribution in [3.05, 3.63) is 35.3 Å². The lowest BCUT2D eigenvalue weighted by molar-refractivity contribution is -0.0182. The van der Waals surface area contributed by atoms with Crippen LogP contribution < -0.4 is 10.1 Å². The van der Waals surface area contributed by atoms with Crippen LogP contribution in [0.4, 0.5) is 0 Å². The number of benzene rings is 1. The van der Waals surface area contributed by atoms with E-state index in [0.717, 1.165) is 54.8 Å². The normalized spacial score (nSPS) is 19.0. The first-order chi connectivity index (χ1) is 11.2. The van der Waals surface area contributed by atoms with Crippen molar-refractivity contribution in [1.29, 1.82) is 0 Å². The molecule has 2 aromatic rings. The summed E-state index contributed by atoms with van der Waals surface area (Å²) < 4.78 is 11.0. The summed E-state index contributed by atoms with van der Waals surface area (Å²) in [6.07, 6.45) is 0.269. The van der Waals surface area contributed by atoms with Gasteiger partial charge in [0.05, 0.1) is 25.5 Å². The van der Waals surface area contributed by atoms with Crippen LogP contribution in [-0.4, -0.2) is 56.4 Å². The Balaban J connectivity index is 1.53. The fourth-order valence-electron chi connectivity index (χ4n) is 2.63. The van der Waals surface area contributed by atoms with Gasteiger partial charge in [-0.05, 0) is 19.2 Å². The van der Waals surface area contributed by atoms with Gasteiger partial charge in [0.2, 0.25) is 0 Å². The fourth-order valence-corrected chi connectivity index (χ4v) is 3.45. The lowest BCUT2D eigenvalue weighted by Gasteiger charge is -2.30. The van der Waals surface area contributed by atoms with Crippen molar-refractivity contribution in [2.75, 3.05) is 40.4 Å². The van der Waals surface area contributed by atoms with E-state index in [-0.39, 0.29) is 6.10 Å². The summed E-state index contributed by atoms with van der Waals surface area (Å²) in [4.78, 5) is 7.01. The molecule has 0 saturated carbocycles. The predicted octanol–water partition coefficient (Wildman–Crippen LogP) is 2.24. The van der Waals surface area contributed by atoms with E-state index in [1.165, 1.54) is 0 Å². The van der Waals surface area contributed by atoms with Crippen molar-refractivity contribution < 1.29 is 9.47 Å². The van der Waals surface area contributed by atoms with Gasteiger partial charge in [0.15, 0.2) is 0 Å². The molecule has 1 aromatic heterocycles. The Labute approximate surface area is 141 Å². The maximum absolute atomic E-state index is 5.75. The first kappa shape index (κ1) is 16.4. The Morgan fingerprint density at radius 2 is 2.39 bits per heavy atom. The maximum Gasteiger partial charge on any atom is 0.123 e. The molecular formula is C17H23N3O2S. The van der Waals surface area contributed by atoms with Crippen LogP contribution in [0.15, 0.2) is 29.6 Å². The Kier molecular flexibility index (Phi) is 5.61. The fraction of sp³-hybridized carbons (Fsp3) is 0.471. The number of methoxy groups -OCH3 is 1. The van der Waals surface area contributed by atoms with Gasteiger partial charge in [0.25, 0.3) is 0 Å². The largest absolute Gasteiger partial charge is 0.497 e. The number of nitrogens with one attached hydrogen (secondary N) is 1. The topological polar surface area (TPSA) is 46.6 Å². The van der Waals surface area contributed by atoms with Gasteiger partial charge in [-0.1, -0.05) is 12.1 Å². The van der Waals surface area contributed by atoms with Crippen LogP contribution in [0.1, 0.15) is 5.69 Å². The van der Waals surface area contributed by atoms with Gasteiger partial charge in [-0.2, -0.15) is 0 Å². The average Bonchev–Trinajstić information content (AvgIpc) is 3.04. The van der Waals surface area contributed by atoms with Crippen LogP contribution in [0.25, 0.3) is 10.6 Å². The molecule has 124 valence electrons. The number of thiazole rings is 1. The second-order valence-corrected chi connectivity index (χ2v) is 6.62. The third-order valence-electron chi connectivity index (χ3n) is 3.89. The van der Waals surface area contributed by atoms with Crippen LogP contribution in [0.3, 0.4) is 0 Å². The molecule has 0 amide bonds. The summed E-state index contributed by atoms with van der Waals surface area (Å²) in [6.45, 7) is 4.45. The molecule has 1 unspecified atom stereocenters. The minimum atomic E-state index is 0.269. The quantitative estimate of drug-likeness (QED) is 0.878. The van der Waals surface area contributed by atoms with Gasteiger partial charge >= 0.3 is 0 Å². The molecule has 2 heterocycles. The molecule has 0 radical (unpaired) electrons. The van der Waals surface area contributed by atoms with Crippen LogP contribution in [0.5, 0.6) is 5.75 Å². The van der Waals surface area contributed by atoms with Crippen molar-refractivity contribution in [2.24, 2.45) is 0 Å². The van der Waals surface area contributed by atoms with E-state index in [1.807, 2.05) is 18.2 Å². The van der Waals surface area contributed by atoms with Crippen LogP contribution >= 0.6 is 11.3 Å². The van der Waals surface area contributed by atoms with Gasteiger partial charge < -0.3 is 19.7 Å². The second kappa shape index (κ2) is 7.88. The molecule has 0 spiro atoms. The van der Waals surface area contributed by atoms with E-state index >= 15 is 0 Å². The standard InChI is InChI=1S/C17H23N3O2S/c1-20-6-7-22-16(11-20)10-18-9-14-12-23-17(19-14)13-4-3-5-15(8-13)21-2/h3-5,8,12,16,18H,6-7,9-11H2,1-2H3. The number of rotatable bonds is 6. The molecule has 1 N–H and O–H groups in total. The van der Waals surface area contributed by atoms with Crippen LogP contribution in [0, 0.1) is 0 Å². The molecule has 0 aliphatic carbocycles. The minimum absolute atomic E-state index is 0.269. The molecular weight excluding hydrogens is 310 g/mol. The van der Waals surface area contributed by atoms with E-state index in [2.05, 4.69) is 28.7 Å². The minimum Gasteiger partial charge on any atom is -0.497 e. The molecule has 0 bridgehead atoms. The van der Waals surface area contributed by atoms with E-state index in [9.17, 15) is 0 Å². The molecule has 1 aliphatic heterocycles. The monoisotopic (exact) mass is 333 g/mol. The summed E-state index contributed by atoms with van der Waals surface area (Å²) in [5, 5.41) is 6.58. The van der Waals surface area contributed by atoms with Gasteiger partial charge in [0, 0.05) is 37.1 Å². The SMILES string of the molecule is COc1cccc(-c2nc(CNCC3CN(C)CCO3)cs2)c1. The lowest BCUT2D eigenvalue weighted by Crippen LogP contribution is -2.44. The molecule has 23 heavy (non-hydrogen) atoms. The zero-order valence-corrected chi connectivity index (χ0v) is 14.4. The smallest absolute Gasteiger partial charge is 0.123 e. The zero-order chi connectivity index (χ0) is 16.1. The van der Waals surface area contributed by atoms with Crippen LogP contribution in [0.2, 0.25) is 0 Å². The predicted molar refractivity (Wildman–Crippen MR) is 93.0 cm³/mol. The summed E-state index contributed by atoms with van der Waals surface area (Å²) in [7, 11) is 3.82. The molecule has 3 rings (SSSR count). The zero-order valence-electron chi connectivity index (χ0n) is 13.6. The number of aromatic nitrogens is 1. The highest BCUT2D eigenvalue weighted by molar-refractivity contribution is 7.13. The second-order valence-electron chi connectivity index (χ2n) is 5.76. The third-order valence-corrected chi connectivity index (χ3v) is 4.83. The Morgan fingerprint density at radius 3 is 3.22 bits per heavy atom. The van der Waals surface area contributed by atoms with Crippen molar-refractivity contribution in [3.8, 4) is 16.3 Å². The van der Waals surface area contributed by atoms with Crippen molar-refractivity contribution in [1.82, 2.24) is 15.2 Å². The highest BCUT2D eigenvalue weighted by Crippen LogP contribution is 2.26. The van der Waals surface area contributed by atoms with Gasteiger partial charge in [-0.25, -0.2) is 4.98 Å². The van der Waals surface area contributed by atoms with Gasteiger partial charge in [-0.15, -0.1) is 11.3 Å². The van der Waals surface area contributed by atoms with Crippen molar-refractivity contribution >= 4 is 11.3 Å². The lowest BCUT2D eigenvalue weighted by atomic mass is 10.2. The van der Waals surface area contributed by atoms with Crippen molar-refractivity contribution in [2.45, 2.75) is 12.6 Å². The third kappa shape index (κ3) is 4.51. The Bertz CT molecular complexity index is 632. The summed E-state index contributed by atoms with van der Waals surface area (Å²) in [5.41, 5.74) is 2.16. The summed E-state index contributed by atoms with van der Waals surface area (Å²) in [5.74, 6) is 0.857. The maximum atomic E-state index is 5.75. The number of nitrogens with zero attached hydrogens (tertiary/aromatic N) is 2. The molecule has 1 saturated heterocycles. The molecule has 5 nitrogen and oxygen atoms in total. The average molecular weight is 333 g/mol. The number of ether oxygens (including phenoxy) is 2. The number of hydrogen-bond donors (Lipinski definition) is 1. The van der Waals surface area contributed by atoms with E-state index in [4.69, 9.17) is 14.5 Å². The summed E-state index contributed by atoms with van der Waals surface area (Å²) >= 11 is 1.66. The first-order valence-corrected chi connectivity index (χ1v) is 8.72. The highest BCUT2D eigenvalue weighted by Gasteiger charge is 2.17. The number of morpholine rings is 1. The first-order valence-electron chi connectivity index (χ1n) is 7.84. The Morgan fingerprint density at radius 1 is 1.48 bits per heavy atom. The van der Waals surface area contributed by atoms with Crippen molar-refractivity contribution in [3.63, 3.8) is 0 Å². The molecule has 1 aliphatic rings. The Hall–Kier alpha value is -1.47.